The Balaban J connectivity index is 2.16. The number of nitrogen functional groups attached to an aromatic ring is 1. The summed E-state index contributed by atoms with van der Waals surface area (Å²) in [7, 11) is 2.01. The molecule has 2 N–H and O–H groups in total. The third-order valence-electron chi connectivity index (χ3n) is 3.26. The fourth-order valence-corrected chi connectivity index (χ4v) is 2.05. The number of anilines is 1. The zero-order valence-corrected chi connectivity index (χ0v) is 10.7. The lowest BCUT2D eigenvalue weighted by atomic mass is 10.1. The molecule has 1 heterocycles. The molecule has 0 aliphatic carbocycles. The largest absolute Gasteiger partial charge is 0.393 e. The second-order valence-electron chi connectivity index (χ2n) is 4.63. The first kappa shape index (κ1) is 13.3. The number of nitrogens with zero attached hydrogens (tertiary/aromatic N) is 3. The molecule has 1 amide bonds. The molecule has 2 rings (SSSR count). The van der Waals surface area contributed by atoms with Gasteiger partial charge in [0, 0.05) is 37.8 Å². The molecule has 1 saturated heterocycles. The molecule has 0 spiro atoms. The second-order valence-corrected chi connectivity index (χ2v) is 4.63. The van der Waals surface area contributed by atoms with Crippen LogP contribution in [0.25, 0.3) is 0 Å². The van der Waals surface area contributed by atoms with Gasteiger partial charge in [0.1, 0.15) is 5.69 Å². The number of carbonyl (C=O) groups excluding carboxylic acids is 1. The lowest BCUT2D eigenvalue weighted by Crippen LogP contribution is -2.47. The average Bonchev–Trinajstić information content (AvgIpc) is 2.38. The van der Waals surface area contributed by atoms with E-state index < -0.39 is 4.92 Å². The summed E-state index contributed by atoms with van der Waals surface area (Å²) in [5, 5.41) is 10.7. The van der Waals surface area contributed by atoms with Crippen molar-refractivity contribution in [1.82, 2.24) is 9.80 Å². The highest BCUT2D eigenvalue weighted by Crippen LogP contribution is 2.23. The minimum absolute atomic E-state index is 0.0185. The van der Waals surface area contributed by atoms with Crippen LogP contribution in [-0.4, -0.2) is 53.9 Å². The highest BCUT2D eigenvalue weighted by atomic mass is 16.6. The van der Waals surface area contributed by atoms with Gasteiger partial charge in [-0.2, -0.15) is 0 Å². The SMILES string of the molecule is CN1CCN(C(=O)c2ccc([N+](=O)[O-])c(N)c2)CC1. The molecule has 0 radical (unpaired) electrons. The van der Waals surface area contributed by atoms with Crippen molar-refractivity contribution in [3.05, 3.63) is 33.9 Å². The second kappa shape index (κ2) is 5.23. The topological polar surface area (TPSA) is 92.7 Å². The zero-order chi connectivity index (χ0) is 14.0. The normalized spacial score (nSPS) is 16.4. The molecule has 0 atom stereocenters. The van der Waals surface area contributed by atoms with Gasteiger partial charge in [0.25, 0.3) is 11.6 Å². The molecule has 1 aromatic rings. The van der Waals surface area contributed by atoms with Gasteiger partial charge in [-0.15, -0.1) is 0 Å². The molecule has 102 valence electrons. The molecule has 1 aromatic carbocycles. The first-order valence-corrected chi connectivity index (χ1v) is 6.01. The Labute approximate surface area is 110 Å². The van der Waals surface area contributed by atoms with Crippen LogP contribution in [0.3, 0.4) is 0 Å². The van der Waals surface area contributed by atoms with Crippen LogP contribution in [0, 0.1) is 10.1 Å². The van der Waals surface area contributed by atoms with E-state index in [1.807, 2.05) is 7.05 Å². The molecule has 0 bridgehead atoms. The van der Waals surface area contributed by atoms with Gasteiger partial charge >= 0.3 is 0 Å². The molecule has 0 unspecified atom stereocenters. The third kappa shape index (κ3) is 2.82. The van der Waals surface area contributed by atoms with Gasteiger partial charge in [-0.3, -0.25) is 14.9 Å². The lowest BCUT2D eigenvalue weighted by Gasteiger charge is -2.32. The summed E-state index contributed by atoms with van der Waals surface area (Å²) in [6.45, 7) is 2.97. The van der Waals surface area contributed by atoms with E-state index in [2.05, 4.69) is 4.90 Å². The monoisotopic (exact) mass is 264 g/mol. The van der Waals surface area contributed by atoms with Crippen LogP contribution in [0.2, 0.25) is 0 Å². The van der Waals surface area contributed by atoms with E-state index in [-0.39, 0.29) is 17.3 Å². The maximum atomic E-state index is 12.2. The number of hydrogen-bond donors (Lipinski definition) is 1. The number of carbonyl (C=O) groups is 1. The Morgan fingerprint density at radius 2 is 1.95 bits per heavy atom. The van der Waals surface area contributed by atoms with Crippen molar-refractivity contribution in [2.45, 2.75) is 0 Å². The maximum Gasteiger partial charge on any atom is 0.292 e. The number of nitrogens with two attached hydrogens (primary N) is 1. The predicted octanol–water partition coefficient (Wildman–Crippen LogP) is 0.565. The summed E-state index contributed by atoms with van der Waals surface area (Å²) in [6, 6.07) is 4.10. The van der Waals surface area contributed by atoms with E-state index in [4.69, 9.17) is 5.73 Å². The molecule has 0 aromatic heterocycles. The molecular weight excluding hydrogens is 248 g/mol. The summed E-state index contributed by atoms with van der Waals surface area (Å²) >= 11 is 0. The number of hydrogen-bond acceptors (Lipinski definition) is 5. The van der Waals surface area contributed by atoms with Gasteiger partial charge in [-0.1, -0.05) is 0 Å². The number of benzene rings is 1. The van der Waals surface area contributed by atoms with Gasteiger partial charge in [0.15, 0.2) is 0 Å². The minimum Gasteiger partial charge on any atom is -0.393 e. The Kier molecular flexibility index (Phi) is 3.66. The number of piperazine rings is 1. The van der Waals surface area contributed by atoms with Crippen LogP contribution in [0.1, 0.15) is 10.4 Å². The van der Waals surface area contributed by atoms with E-state index in [1.54, 1.807) is 4.90 Å². The first-order valence-electron chi connectivity index (χ1n) is 6.01. The Morgan fingerprint density at radius 1 is 1.32 bits per heavy atom. The van der Waals surface area contributed by atoms with Crippen molar-refractivity contribution in [1.29, 1.82) is 0 Å². The van der Waals surface area contributed by atoms with E-state index in [0.29, 0.717) is 18.7 Å². The molecule has 1 aliphatic rings. The van der Waals surface area contributed by atoms with Crippen LogP contribution < -0.4 is 5.73 Å². The van der Waals surface area contributed by atoms with Gasteiger partial charge in [0.2, 0.25) is 0 Å². The summed E-state index contributed by atoms with van der Waals surface area (Å²) < 4.78 is 0. The van der Waals surface area contributed by atoms with Crippen molar-refractivity contribution >= 4 is 17.3 Å². The van der Waals surface area contributed by atoms with Crippen LogP contribution in [0.15, 0.2) is 18.2 Å². The van der Waals surface area contributed by atoms with Crippen molar-refractivity contribution in [2.24, 2.45) is 0 Å². The average molecular weight is 264 g/mol. The third-order valence-corrected chi connectivity index (χ3v) is 3.26. The molecule has 0 saturated carbocycles. The fourth-order valence-electron chi connectivity index (χ4n) is 2.05. The van der Waals surface area contributed by atoms with E-state index in [1.165, 1.54) is 18.2 Å². The quantitative estimate of drug-likeness (QED) is 0.479. The fraction of sp³-hybridized carbons (Fsp3) is 0.417. The number of nitro benzene ring substituents is 1. The smallest absolute Gasteiger partial charge is 0.292 e. The Bertz CT molecular complexity index is 510. The Morgan fingerprint density at radius 3 is 2.47 bits per heavy atom. The van der Waals surface area contributed by atoms with Crippen molar-refractivity contribution < 1.29 is 9.72 Å². The molecule has 7 heteroatoms. The van der Waals surface area contributed by atoms with Gasteiger partial charge in [0.05, 0.1) is 4.92 Å². The number of amides is 1. The zero-order valence-electron chi connectivity index (χ0n) is 10.7. The molecular formula is C12H16N4O3. The predicted molar refractivity (Wildman–Crippen MR) is 70.9 cm³/mol. The highest BCUT2D eigenvalue weighted by molar-refractivity contribution is 5.95. The van der Waals surface area contributed by atoms with Crippen molar-refractivity contribution in [3.63, 3.8) is 0 Å². The van der Waals surface area contributed by atoms with Crippen LogP contribution >= 0.6 is 0 Å². The highest BCUT2D eigenvalue weighted by Gasteiger charge is 2.22. The summed E-state index contributed by atoms with van der Waals surface area (Å²) in [6.07, 6.45) is 0. The van der Waals surface area contributed by atoms with Gasteiger partial charge < -0.3 is 15.5 Å². The van der Waals surface area contributed by atoms with E-state index >= 15 is 0 Å². The maximum absolute atomic E-state index is 12.2. The summed E-state index contributed by atoms with van der Waals surface area (Å²) in [5.74, 6) is -0.130. The van der Waals surface area contributed by atoms with Gasteiger partial charge in [-0.25, -0.2) is 0 Å². The molecule has 1 aliphatic heterocycles. The number of likely N-dealkylation sites (N-methyl/N-ethyl adjacent to an activating group) is 1. The lowest BCUT2D eigenvalue weighted by molar-refractivity contribution is -0.383. The van der Waals surface area contributed by atoms with Crippen LogP contribution in [0.5, 0.6) is 0 Å². The Hall–Kier alpha value is -2.15. The van der Waals surface area contributed by atoms with Crippen LogP contribution in [-0.2, 0) is 0 Å². The molecule has 19 heavy (non-hydrogen) atoms. The van der Waals surface area contributed by atoms with Crippen molar-refractivity contribution in [2.75, 3.05) is 39.0 Å². The summed E-state index contributed by atoms with van der Waals surface area (Å²) in [4.78, 5) is 26.2. The van der Waals surface area contributed by atoms with Gasteiger partial charge in [-0.05, 0) is 19.2 Å². The molecule has 1 fully saturated rings. The van der Waals surface area contributed by atoms with Crippen molar-refractivity contribution in [3.8, 4) is 0 Å². The number of rotatable bonds is 2. The number of nitro groups is 1. The summed E-state index contributed by atoms with van der Waals surface area (Å²) in [5.41, 5.74) is 5.83. The van der Waals surface area contributed by atoms with Crippen LogP contribution in [0.4, 0.5) is 11.4 Å². The standard InChI is InChI=1S/C12H16N4O3/c1-14-4-6-15(7-5-14)12(17)9-2-3-11(16(18)19)10(13)8-9/h2-3,8H,4-7,13H2,1H3. The van der Waals surface area contributed by atoms with E-state index in [0.717, 1.165) is 13.1 Å². The molecule has 7 nitrogen and oxygen atoms in total. The minimum atomic E-state index is -0.556. The van der Waals surface area contributed by atoms with E-state index in [9.17, 15) is 14.9 Å². The first-order chi connectivity index (χ1) is 8.99.